The highest BCUT2D eigenvalue weighted by atomic mass is 35.5. The lowest BCUT2D eigenvalue weighted by molar-refractivity contribution is -0.120. The minimum Gasteiger partial charge on any atom is -0.494 e. The van der Waals surface area contributed by atoms with Crippen LogP contribution in [0.5, 0.6) is 5.75 Å². The lowest BCUT2D eigenvalue weighted by Crippen LogP contribution is -2.52. The van der Waals surface area contributed by atoms with Gasteiger partial charge in [-0.1, -0.05) is 37.7 Å². The number of anilines is 5. The van der Waals surface area contributed by atoms with Crippen molar-refractivity contribution in [3.63, 3.8) is 0 Å². The molecule has 2 saturated heterocycles. The van der Waals surface area contributed by atoms with Crippen LogP contribution in [0.15, 0.2) is 48.7 Å². The molecule has 2 aliphatic heterocycles. The number of rotatable bonds is 9. The first-order valence-electron chi connectivity index (χ1n) is 13.6. The summed E-state index contributed by atoms with van der Waals surface area (Å²) < 4.78 is 5.75. The van der Waals surface area contributed by atoms with Crippen molar-refractivity contribution < 1.29 is 9.53 Å². The molecule has 2 aromatic carbocycles. The molecule has 3 heterocycles. The van der Waals surface area contributed by atoms with E-state index in [1.807, 2.05) is 29.2 Å². The molecule has 3 aromatic rings. The number of benzene rings is 2. The van der Waals surface area contributed by atoms with Crippen molar-refractivity contribution in [1.29, 1.82) is 0 Å². The summed E-state index contributed by atoms with van der Waals surface area (Å²) in [6.45, 7) is 10.0. The number of para-hydroxylation sites is 1. The molecule has 0 spiro atoms. The Morgan fingerprint density at radius 1 is 1.00 bits per heavy atom. The molecule has 1 aromatic heterocycles. The standard InChI is InChI=1S/C29H37ClN7O2P/c1-39-26-18-22(36-12-10-21(11-13-36)37-16-14-35(20-38)15-17-37)8-9-24(26)33-29-31-19-23(30)28(34-29)32-25-6-4-5-7-27(25)40(2)3/h4-9,18-21H,10-17H2,1-3H3,(H2,31,32,33,34). The summed E-state index contributed by atoms with van der Waals surface area (Å²) in [5, 5.41) is 8.41. The molecule has 212 valence electrons. The average Bonchev–Trinajstić information content (AvgIpc) is 2.99. The Balaban J connectivity index is 1.24. The first-order chi connectivity index (χ1) is 19.4. The molecule has 1 amide bonds. The van der Waals surface area contributed by atoms with E-state index in [1.165, 1.54) is 5.30 Å². The van der Waals surface area contributed by atoms with Crippen LogP contribution in [0.4, 0.5) is 28.8 Å². The Kier molecular flexibility index (Phi) is 9.25. The minimum atomic E-state index is -0.295. The van der Waals surface area contributed by atoms with E-state index in [9.17, 15) is 4.79 Å². The number of halogens is 1. The monoisotopic (exact) mass is 581 g/mol. The molecule has 2 aliphatic rings. The molecular weight excluding hydrogens is 545 g/mol. The van der Waals surface area contributed by atoms with Crippen LogP contribution in [0.2, 0.25) is 5.02 Å². The molecule has 11 heteroatoms. The molecule has 0 radical (unpaired) electrons. The van der Waals surface area contributed by atoms with E-state index >= 15 is 0 Å². The van der Waals surface area contributed by atoms with Gasteiger partial charge >= 0.3 is 0 Å². The third kappa shape index (κ3) is 6.60. The van der Waals surface area contributed by atoms with Gasteiger partial charge in [0.25, 0.3) is 0 Å². The van der Waals surface area contributed by atoms with Crippen molar-refractivity contribution >= 4 is 60.1 Å². The number of carbonyl (C=O) groups excluding carboxylic acids is 1. The van der Waals surface area contributed by atoms with Gasteiger partial charge in [-0.15, -0.1) is 0 Å². The summed E-state index contributed by atoms with van der Waals surface area (Å²) in [6, 6.07) is 15.0. The van der Waals surface area contributed by atoms with Crippen LogP contribution in [-0.2, 0) is 4.79 Å². The zero-order chi connectivity index (χ0) is 28.1. The van der Waals surface area contributed by atoms with Crippen LogP contribution < -0.4 is 25.6 Å². The highest BCUT2D eigenvalue weighted by Crippen LogP contribution is 2.35. The second kappa shape index (κ2) is 13.0. The number of hydrogen-bond acceptors (Lipinski definition) is 8. The summed E-state index contributed by atoms with van der Waals surface area (Å²) in [4.78, 5) is 26.9. The zero-order valence-electron chi connectivity index (χ0n) is 23.3. The Hall–Kier alpha value is -3.13. The third-order valence-corrected chi connectivity index (χ3v) is 9.29. The maximum Gasteiger partial charge on any atom is 0.229 e. The van der Waals surface area contributed by atoms with Crippen molar-refractivity contribution in [3.05, 3.63) is 53.7 Å². The van der Waals surface area contributed by atoms with Gasteiger partial charge < -0.3 is 25.2 Å². The van der Waals surface area contributed by atoms with E-state index in [4.69, 9.17) is 16.3 Å². The smallest absolute Gasteiger partial charge is 0.229 e. The summed E-state index contributed by atoms with van der Waals surface area (Å²) in [5.74, 6) is 1.71. The molecule has 5 rings (SSSR count). The number of aromatic nitrogens is 2. The number of nitrogens with zero attached hydrogens (tertiary/aromatic N) is 5. The van der Waals surface area contributed by atoms with Gasteiger partial charge in [-0.3, -0.25) is 9.69 Å². The number of carbonyl (C=O) groups is 1. The number of piperidine rings is 1. The summed E-state index contributed by atoms with van der Waals surface area (Å²) in [7, 11) is 1.38. The van der Waals surface area contributed by atoms with Crippen LogP contribution in [0, 0.1) is 0 Å². The van der Waals surface area contributed by atoms with Gasteiger partial charge in [0.05, 0.1) is 19.0 Å². The van der Waals surface area contributed by atoms with Gasteiger partial charge in [-0.2, -0.15) is 4.98 Å². The second-order valence-electron chi connectivity index (χ2n) is 10.3. The highest BCUT2D eigenvalue weighted by Gasteiger charge is 2.27. The average molecular weight is 582 g/mol. The van der Waals surface area contributed by atoms with Crippen molar-refractivity contribution in [3.8, 4) is 5.75 Å². The predicted molar refractivity (Wildman–Crippen MR) is 166 cm³/mol. The van der Waals surface area contributed by atoms with Crippen molar-refractivity contribution in [1.82, 2.24) is 19.8 Å². The van der Waals surface area contributed by atoms with Gasteiger partial charge in [-0.05, 0) is 49.7 Å². The van der Waals surface area contributed by atoms with E-state index in [-0.39, 0.29) is 7.92 Å². The van der Waals surface area contributed by atoms with Crippen LogP contribution in [0.1, 0.15) is 12.8 Å². The Labute approximate surface area is 242 Å². The summed E-state index contributed by atoms with van der Waals surface area (Å²) in [5.41, 5.74) is 2.92. The molecule has 0 aliphatic carbocycles. The highest BCUT2D eigenvalue weighted by molar-refractivity contribution is 7.64. The largest absolute Gasteiger partial charge is 0.494 e. The van der Waals surface area contributed by atoms with Crippen molar-refractivity contribution in [2.45, 2.75) is 18.9 Å². The fourth-order valence-electron chi connectivity index (χ4n) is 5.41. The predicted octanol–water partition coefficient (Wildman–Crippen LogP) is 4.74. The summed E-state index contributed by atoms with van der Waals surface area (Å²) in [6.07, 6.45) is 4.79. The Bertz CT molecular complexity index is 1310. The Morgan fingerprint density at radius 2 is 1.75 bits per heavy atom. The number of piperazine rings is 1. The van der Waals surface area contributed by atoms with Crippen LogP contribution >= 0.6 is 19.5 Å². The minimum absolute atomic E-state index is 0.295. The molecule has 9 nitrogen and oxygen atoms in total. The number of hydrogen-bond donors (Lipinski definition) is 2. The lowest BCUT2D eigenvalue weighted by Gasteiger charge is -2.42. The first-order valence-corrected chi connectivity index (χ1v) is 16.3. The van der Waals surface area contributed by atoms with Crippen LogP contribution in [-0.4, -0.2) is 91.9 Å². The SMILES string of the molecule is COc1cc(N2CCC(N3CCN(C=O)CC3)CC2)ccc1Nc1ncc(Cl)c(Nc2ccccc2P(C)C)n1. The maximum absolute atomic E-state index is 11.0. The van der Waals surface area contributed by atoms with Gasteiger partial charge in [0.1, 0.15) is 10.8 Å². The second-order valence-corrected chi connectivity index (χ2v) is 13.0. The third-order valence-electron chi connectivity index (χ3n) is 7.66. The van der Waals surface area contributed by atoms with Crippen molar-refractivity contribution in [2.24, 2.45) is 0 Å². The van der Waals surface area contributed by atoms with Crippen molar-refractivity contribution in [2.75, 3.05) is 75.2 Å². The fourth-order valence-corrected chi connectivity index (χ4v) is 6.54. The molecule has 0 atom stereocenters. The van der Waals surface area contributed by atoms with E-state index in [1.54, 1.807) is 13.3 Å². The topological polar surface area (TPSA) is 85.9 Å². The van der Waals surface area contributed by atoms with E-state index in [0.717, 1.165) is 81.3 Å². The lowest BCUT2D eigenvalue weighted by atomic mass is 10.0. The maximum atomic E-state index is 11.0. The van der Waals surface area contributed by atoms with E-state index < -0.39 is 0 Å². The van der Waals surface area contributed by atoms with E-state index in [2.05, 4.69) is 61.9 Å². The van der Waals surface area contributed by atoms with Gasteiger partial charge in [0.15, 0.2) is 5.82 Å². The quantitative estimate of drug-likeness (QED) is 0.277. The Morgan fingerprint density at radius 3 is 2.45 bits per heavy atom. The molecular formula is C29H37ClN7O2P. The summed E-state index contributed by atoms with van der Waals surface area (Å²) >= 11 is 6.46. The van der Waals surface area contributed by atoms with Gasteiger partial charge in [0.2, 0.25) is 12.4 Å². The molecule has 0 saturated carbocycles. The van der Waals surface area contributed by atoms with Crippen LogP contribution in [0.3, 0.4) is 0 Å². The first kappa shape index (κ1) is 28.4. The molecule has 2 N–H and O–H groups in total. The van der Waals surface area contributed by atoms with Crippen LogP contribution in [0.25, 0.3) is 0 Å². The molecule has 0 unspecified atom stereocenters. The molecule has 40 heavy (non-hydrogen) atoms. The normalized spacial score (nSPS) is 16.7. The number of methoxy groups -OCH3 is 1. The fraction of sp³-hybridized carbons (Fsp3) is 0.414. The number of nitrogens with one attached hydrogen (secondary N) is 2. The van der Waals surface area contributed by atoms with Gasteiger partial charge in [0, 0.05) is 62.8 Å². The molecule has 0 bridgehead atoms. The number of ether oxygens (including phenoxy) is 1. The number of amides is 1. The van der Waals surface area contributed by atoms with E-state index in [0.29, 0.717) is 22.8 Å². The van der Waals surface area contributed by atoms with Gasteiger partial charge in [-0.25, -0.2) is 4.98 Å². The zero-order valence-corrected chi connectivity index (χ0v) is 25.0. The molecule has 2 fully saturated rings.